The first-order chi connectivity index (χ1) is 7.79. The molecule has 1 aromatic carbocycles. The van der Waals surface area contributed by atoms with Crippen molar-refractivity contribution >= 4 is 5.97 Å². The molecule has 0 radical (unpaired) electrons. The average molecular weight is 217 g/mol. The quantitative estimate of drug-likeness (QED) is 0.712. The molecule has 3 heteroatoms. The van der Waals surface area contributed by atoms with E-state index < -0.39 is 0 Å². The van der Waals surface area contributed by atoms with Crippen molar-refractivity contribution < 1.29 is 9.53 Å². The van der Waals surface area contributed by atoms with E-state index in [1.807, 2.05) is 30.3 Å². The number of nitriles is 1. The van der Waals surface area contributed by atoms with E-state index in [-0.39, 0.29) is 11.9 Å². The summed E-state index contributed by atoms with van der Waals surface area (Å²) in [7, 11) is 0. The van der Waals surface area contributed by atoms with Crippen molar-refractivity contribution in [2.24, 2.45) is 0 Å². The summed E-state index contributed by atoms with van der Waals surface area (Å²) in [6.45, 7) is 2.15. The summed E-state index contributed by atoms with van der Waals surface area (Å²) in [6.07, 6.45) is 0.873. The van der Waals surface area contributed by atoms with E-state index in [1.165, 1.54) is 0 Å². The fraction of sp³-hybridized carbons (Fsp3) is 0.385. The van der Waals surface area contributed by atoms with Crippen LogP contribution in [0.1, 0.15) is 31.2 Å². The standard InChI is InChI=1S/C13H15NO2/c1-2-16-13(15)12(9-6-10-14)11-7-4-3-5-8-11/h3-5,7-8,12H,2,6,9H2,1H3. The van der Waals surface area contributed by atoms with Gasteiger partial charge in [0.15, 0.2) is 0 Å². The van der Waals surface area contributed by atoms with Gasteiger partial charge in [-0.1, -0.05) is 30.3 Å². The van der Waals surface area contributed by atoms with Crippen LogP contribution in [0.5, 0.6) is 0 Å². The van der Waals surface area contributed by atoms with Gasteiger partial charge in [-0.2, -0.15) is 5.26 Å². The van der Waals surface area contributed by atoms with Crippen LogP contribution in [0.4, 0.5) is 0 Å². The Labute approximate surface area is 95.7 Å². The van der Waals surface area contributed by atoms with E-state index in [0.717, 1.165) is 5.56 Å². The molecule has 0 aliphatic rings. The summed E-state index contributed by atoms with van der Waals surface area (Å²) in [6, 6.07) is 11.5. The molecule has 0 amide bonds. The lowest BCUT2D eigenvalue weighted by Gasteiger charge is -2.14. The Morgan fingerprint density at radius 1 is 1.44 bits per heavy atom. The number of rotatable bonds is 5. The highest BCUT2D eigenvalue weighted by atomic mass is 16.5. The fourth-order valence-corrected chi connectivity index (χ4v) is 1.56. The Morgan fingerprint density at radius 2 is 2.12 bits per heavy atom. The van der Waals surface area contributed by atoms with Gasteiger partial charge in [0.25, 0.3) is 0 Å². The molecule has 0 bridgehead atoms. The number of carbonyl (C=O) groups excluding carboxylic acids is 1. The number of hydrogen-bond donors (Lipinski definition) is 0. The average Bonchev–Trinajstić information content (AvgIpc) is 2.31. The van der Waals surface area contributed by atoms with Gasteiger partial charge in [0.1, 0.15) is 0 Å². The highest BCUT2D eigenvalue weighted by molar-refractivity contribution is 5.78. The summed E-state index contributed by atoms with van der Waals surface area (Å²) in [4.78, 5) is 11.7. The van der Waals surface area contributed by atoms with E-state index >= 15 is 0 Å². The predicted molar refractivity (Wildman–Crippen MR) is 60.7 cm³/mol. The Kier molecular flexibility index (Phi) is 5.07. The van der Waals surface area contributed by atoms with Crippen molar-refractivity contribution in [2.45, 2.75) is 25.7 Å². The van der Waals surface area contributed by atoms with E-state index in [4.69, 9.17) is 10.00 Å². The highest BCUT2D eigenvalue weighted by Crippen LogP contribution is 2.22. The first kappa shape index (κ1) is 12.3. The second-order valence-electron chi connectivity index (χ2n) is 3.41. The van der Waals surface area contributed by atoms with Gasteiger partial charge in [0, 0.05) is 6.42 Å². The minimum atomic E-state index is -0.319. The Hall–Kier alpha value is -1.82. The van der Waals surface area contributed by atoms with E-state index in [1.54, 1.807) is 6.92 Å². The minimum absolute atomic E-state index is 0.246. The van der Waals surface area contributed by atoms with Crippen LogP contribution in [0.3, 0.4) is 0 Å². The molecule has 0 saturated heterocycles. The first-order valence-corrected chi connectivity index (χ1v) is 5.38. The van der Waals surface area contributed by atoms with Crippen LogP contribution in [0.2, 0.25) is 0 Å². The Morgan fingerprint density at radius 3 is 2.69 bits per heavy atom. The van der Waals surface area contributed by atoms with Gasteiger partial charge >= 0.3 is 5.97 Å². The Bertz CT molecular complexity index is 367. The third kappa shape index (κ3) is 3.39. The van der Waals surface area contributed by atoms with E-state index in [9.17, 15) is 4.79 Å². The van der Waals surface area contributed by atoms with Gasteiger partial charge in [-0.25, -0.2) is 0 Å². The number of esters is 1. The molecule has 0 N–H and O–H groups in total. The maximum Gasteiger partial charge on any atom is 0.313 e. The molecule has 0 aromatic heterocycles. The second-order valence-corrected chi connectivity index (χ2v) is 3.41. The highest BCUT2D eigenvalue weighted by Gasteiger charge is 2.20. The van der Waals surface area contributed by atoms with Gasteiger partial charge in [-0.3, -0.25) is 4.79 Å². The normalized spacial score (nSPS) is 11.5. The van der Waals surface area contributed by atoms with Crippen molar-refractivity contribution in [2.75, 3.05) is 6.61 Å². The van der Waals surface area contributed by atoms with Crippen molar-refractivity contribution in [3.8, 4) is 6.07 Å². The molecule has 1 aromatic rings. The summed E-state index contributed by atoms with van der Waals surface area (Å²) in [5, 5.41) is 8.57. The van der Waals surface area contributed by atoms with Crippen LogP contribution in [0.25, 0.3) is 0 Å². The number of nitrogens with zero attached hydrogens (tertiary/aromatic N) is 1. The van der Waals surface area contributed by atoms with Gasteiger partial charge in [-0.15, -0.1) is 0 Å². The SMILES string of the molecule is CCOC(=O)C(CCC#N)c1ccccc1. The number of ether oxygens (including phenoxy) is 1. The summed E-state index contributed by atoms with van der Waals surface area (Å²) < 4.78 is 5.01. The van der Waals surface area contributed by atoms with Crippen LogP contribution >= 0.6 is 0 Å². The maximum absolute atomic E-state index is 11.7. The number of carbonyl (C=O) groups is 1. The van der Waals surface area contributed by atoms with Gasteiger partial charge < -0.3 is 4.74 Å². The summed E-state index contributed by atoms with van der Waals surface area (Å²) >= 11 is 0. The zero-order valence-corrected chi connectivity index (χ0v) is 9.35. The monoisotopic (exact) mass is 217 g/mol. The van der Waals surface area contributed by atoms with Gasteiger partial charge in [0.2, 0.25) is 0 Å². The Balaban J connectivity index is 2.79. The smallest absolute Gasteiger partial charge is 0.313 e. The molecular formula is C13H15NO2. The number of hydrogen-bond acceptors (Lipinski definition) is 3. The first-order valence-electron chi connectivity index (χ1n) is 5.38. The van der Waals surface area contributed by atoms with Crippen molar-refractivity contribution in [3.63, 3.8) is 0 Å². The lowest BCUT2D eigenvalue weighted by Crippen LogP contribution is -2.15. The van der Waals surface area contributed by atoms with Crippen LogP contribution in [0.15, 0.2) is 30.3 Å². The fourth-order valence-electron chi connectivity index (χ4n) is 1.56. The van der Waals surface area contributed by atoms with Gasteiger partial charge in [0.05, 0.1) is 18.6 Å². The minimum Gasteiger partial charge on any atom is -0.466 e. The molecule has 0 spiro atoms. The van der Waals surface area contributed by atoms with Crippen LogP contribution in [-0.2, 0) is 9.53 Å². The lowest BCUT2D eigenvalue weighted by molar-refractivity contribution is -0.145. The molecule has 16 heavy (non-hydrogen) atoms. The molecule has 0 aliphatic heterocycles. The molecule has 0 aliphatic carbocycles. The van der Waals surface area contributed by atoms with Crippen molar-refractivity contribution in [1.82, 2.24) is 0 Å². The largest absolute Gasteiger partial charge is 0.466 e. The lowest BCUT2D eigenvalue weighted by atomic mass is 9.95. The topological polar surface area (TPSA) is 50.1 Å². The molecular weight excluding hydrogens is 202 g/mol. The van der Waals surface area contributed by atoms with Gasteiger partial charge in [-0.05, 0) is 18.9 Å². The molecule has 1 atom stereocenters. The third-order valence-corrected chi connectivity index (χ3v) is 2.32. The predicted octanol–water partition coefficient (Wildman–Crippen LogP) is 2.64. The molecule has 84 valence electrons. The second kappa shape index (κ2) is 6.62. The molecule has 3 nitrogen and oxygen atoms in total. The third-order valence-electron chi connectivity index (χ3n) is 2.32. The molecule has 0 saturated carbocycles. The molecule has 1 unspecified atom stereocenters. The molecule has 1 rings (SSSR count). The van der Waals surface area contributed by atoms with Crippen molar-refractivity contribution in [3.05, 3.63) is 35.9 Å². The zero-order valence-electron chi connectivity index (χ0n) is 9.35. The molecule has 0 fully saturated rings. The zero-order chi connectivity index (χ0) is 11.8. The van der Waals surface area contributed by atoms with Crippen LogP contribution < -0.4 is 0 Å². The van der Waals surface area contributed by atoms with Crippen LogP contribution in [-0.4, -0.2) is 12.6 Å². The summed E-state index contributed by atoms with van der Waals surface area (Å²) in [5.41, 5.74) is 0.913. The van der Waals surface area contributed by atoms with E-state index in [0.29, 0.717) is 19.4 Å². The van der Waals surface area contributed by atoms with E-state index in [2.05, 4.69) is 6.07 Å². The molecule has 0 heterocycles. The van der Waals surface area contributed by atoms with Crippen molar-refractivity contribution in [1.29, 1.82) is 5.26 Å². The summed E-state index contributed by atoms with van der Waals surface area (Å²) in [5.74, 6) is -0.565. The maximum atomic E-state index is 11.7. The van der Waals surface area contributed by atoms with Crippen LogP contribution in [0, 0.1) is 11.3 Å². The number of benzene rings is 1.